The van der Waals surface area contributed by atoms with E-state index in [1.54, 1.807) is 24.3 Å². The standard InChI is InChI=1S/C14H9NO3/c15-12-8-5-1-3-7-4-2-6-9(10(7)8)13(16)11(12)14(17)18/h1-6,15-16H,(H,17,18). The van der Waals surface area contributed by atoms with E-state index < -0.39 is 5.97 Å². The van der Waals surface area contributed by atoms with Crippen LogP contribution in [0.3, 0.4) is 0 Å². The van der Waals surface area contributed by atoms with E-state index >= 15 is 0 Å². The molecule has 4 heteroatoms. The summed E-state index contributed by atoms with van der Waals surface area (Å²) in [6.07, 6.45) is 0. The second-order valence-corrected chi connectivity index (χ2v) is 4.11. The highest BCUT2D eigenvalue weighted by atomic mass is 16.4. The van der Waals surface area contributed by atoms with Crippen LogP contribution in [-0.2, 0) is 4.79 Å². The first kappa shape index (κ1) is 10.5. The van der Waals surface area contributed by atoms with Crippen molar-refractivity contribution in [2.75, 3.05) is 0 Å². The van der Waals surface area contributed by atoms with Crippen LogP contribution >= 0.6 is 0 Å². The number of rotatable bonds is 1. The number of carbonyl (C=O) groups is 1. The van der Waals surface area contributed by atoms with Crippen LogP contribution in [0.25, 0.3) is 16.5 Å². The van der Waals surface area contributed by atoms with Crippen LogP contribution in [0.1, 0.15) is 11.1 Å². The van der Waals surface area contributed by atoms with Gasteiger partial charge in [-0.15, -0.1) is 0 Å². The van der Waals surface area contributed by atoms with Crippen molar-refractivity contribution in [3.8, 4) is 0 Å². The summed E-state index contributed by atoms with van der Waals surface area (Å²) in [4.78, 5) is 11.1. The molecule has 0 saturated carbocycles. The number of hydrogen-bond donors (Lipinski definition) is 3. The van der Waals surface area contributed by atoms with E-state index in [1.807, 2.05) is 12.1 Å². The first-order valence-electron chi connectivity index (χ1n) is 5.39. The zero-order chi connectivity index (χ0) is 12.9. The lowest BCUT2D eigenvalue weighted by Crippen LogP contribution is -2.19. The van der Waals surface area contributed by atoms with Gasteiger partial charge < -0.3 is 10.2 Å². The van der Waals surface area contributed by atoms with Crippen LogP contribution in [0.2, 0.25) is 0 Å². The topological polar surface area (TPSA) is 81.4 Å². The highest BCUT2D eigenvalue weighted by molar-refractivity contribution is 6.34. The molecule has 0 saturated heterocycles. The second-order valence-electron chi connectivity index (χ2n) is 4.11. The lowest BCUT2D eigenvalue weighted by molar-refractivity contribution is -0.132. The fourth-order valence-corrected chi connectivity index (χ4v) is 2.34. The smallest absolute Gasteiger partial charge is 0.341 e. The highest BCUT2D eigenvalue weighted by Gasteiger charge is 2.28. The zero-order valence-corrected chi connectivity index (χ0v) is 9.27. The summed E-state index contributed by atoms with van der Waals surface area (Å²) < 4.78 is 0. The number of hydrogen-bond acceptors (Lipinski definition) is 3. The minimum Gasteiger partial charge on any atom is -0.506 e. The highest BCUT2D eigenvalue weighted by Crippen LogP contribution is 2.34. The van der Waals surface area contributed by atoms with Gasteiger partial charge in [0.05, 0.1) is 5.71 Å². The van der Waals surface area contributed by atoms with Gasteiger partial charge in [-0.1, -0.05) is 36.4 Å². The predicted molar refractivity (Wildman–Crippen MR) is 68.0 cm³/mol. The van der Waals surface area contributed by atoms with Crippen molar-refractivity contribution in [2.24, 2.45) is 0 Å². The summed E-state index contributed by atoms with van der Waals surface area (Å²) >= 11 is 0. The number of carboxylic acids is 1. The van der Waals surface area contributed by atoms with Crippen LogP contribution in [0.5, 0.6) is 0 Å². The molecule has 0 radical (unpaired) electrons. The maximum Gasteiger partial charge on any atom is 0.341 e. The Morgan fingerprint density at radius 3 is 2.28 bits per heavy atom. The molecule has 0 aliphatic heterocycles. The number of benzene rings is 2. The molecule has 0 spiro atoms. The van der Waals surface area contributed by atoms with Gasteiger partial charge in [-0.05, 0) is 5.39 Å². The molecule has 4 nitrogen and oxygen atoms in total. The average molecular weight is 239 g/mol. The van der Waals surface area contributed by atoms with Crippen molar-refractivity contribution < 1.29 is 15.0 Å². The Hall–Kier alpha value is -2.62. The molecule has 88 valence electrons. The summed E-state index contributed by atoms with van der Waals surface area (Å²) in [5.41, 5.74) is 0.514. The number of aliphatic carboxylic acids is 1. The summed E-state index contributed by atoms with van der Waals surface area (Å²) in [5, 5.41) is 28.7. The van der Waals surface area contributed by atoms with Crippen LogP contribution in [-0.4, -0.2) is 21.9 Å². The first-order valence-corrected chi connectivity index (χ1v) is 5.39. The third-order valence-corrected chi connectivity index (χ3v) is 3.13. The molecular weight excluding hydrogens is 230 g/mol. The molecule has 0 atom stereocenters. The Kier molecular flexibility index (Phi) is 2.01. The Morgan fingerprint density at radius 1 is 1.06 bits per heavy atom. The fourth-order valence-electron chi connectivity index (χ4n) is 2.34. The van der Waals surface area contributed by atoms with Crippen molar-refractivity contribution in [3.05, 3.63) is 53.1 Å². The van der Waals surface area contributed by atoms with Gasteiger partial charge in [-0.25, -0.2) is 4.79 Å². The summed E-state index contributed by atoms with van der Waals surface area (Å²) in [6.45, 7) is 0. The Balaban J connectivity index is 2.51. The van der Waals surface area contributed by atoms with Gasteiger partial charge in [-0.2, -0.15) is 0 Å². The molecule has 3 N–H and O–H groups in total. The van der Waals surface area contributed by atoms with E-state index in [1.165, 1.54) is 0 Å². The van der Waals surface area contributed by atoms with E-state index in [0.29, 0.717) is 11.1 Å². The lowest BCUT2D eigenvalue weighted by Gasteiger charge is -2.19. The maximum absolute atomic E-state index is 11.1. The zero-order valence-electron chi connectivity index (χ0n) is 9.27. The summed E-state index contributed by atoms with van der Waals surface area (Å²) in [7, 11) is 0. The van der Waals surface area contributed by atoms with Gasteiger partial charge in [0.2, 0.25) is 0 Å². The molecule has 1 aliphatic carbocycles. The Bertz CT molecular complexity index is 739. The molecule has 0 amide bonds. The third kappa shape index (κ3) is 1.20. The van der Waals surface area contributed by atoms with Gasteiger partial charge in [0.25, 0.3) is 0 Å². The molecule has 0 aromatic heterocycles. The molecule has 18 heavy (non-hydrogen) atoms. The van der Waals surface area contributed by atoms with Gasteiger partial charge >= 0.3 is 5.97 Å². The molecular formula is C14H9NO3. The van der Waals surface area contributed by atoms with Crippen LogP contribution < -0.4 is 0 Å². The Morgan fingerprint density at radius 2 is 1.67 bits per heavy atom. The molecule has 0 bridgehead atoms. The summed E-state index contributed by atoms with van der Waals surface area (Å²) in [5.74, 6) is -1.62. The quantitative estimate of drug-likeness (QED) is 0.715. The van der Waals surface area contributed by atoms with Crippen molar-refractivity contribution in [3.63, 3.8) is 0 Å². The van der Waals surface area contributed by atoms with Gasteiger partial charge in [0.1, 0.15) is 11.3 Å². The monoisotopic (exact) mass is 239 g/mol. The third-order valence-electron chi connectivity index (χ3n) is 3.13. The van der Waals surface area contributed by atoms with E-state index in [9.17, 15) is 9.90 Å². The van der Waals surface area contributed by atoms with Crippen LogP contribution in [0.15, 0.2) is 42.0 Å². The number of nitrogens with one attached hydrogen (secondary N) is 1. The van der Waals surface area contributed by atoms with Crippen molar-refractivity contribution in [1.82, 2.24) is 0 Å². The van der Waals surface area contributed by atoms with Crippen molar-refractivity contribution >= 4 is 28.2 Å². The summed E-state index contributed by atoms with van der Waals surface area (Å²) in [6, 6.07) is 10.6. The second kappa shape index (κ2) is 3.43. The van der Waals surface area contributed by atoms with Gasteiger partial charge in [0.15, 0.2) is 0 Å². The molecule has 2 aromatic carbocycles. The van der Waals surface area contributed by atoms with E-state index in [4.69, 9.17) is 10.5 Å². The number of aliphatic hydroxyl groups is 1. The van der Waals surface area contributed by atoms with E-state index in [-0.39, 0.29) is 17.0 Å². The minimum absolute atomic E-state index is 0.149. The molecule has 0 unspecified atom stereocenters. The molecule has 2 aromatic rings. The normalized spacial score (nSPS) is 14.1. The molecule has 0 fully saturated rings. The molecule has 0 heterocycles. The largest absolute Gasteiger partial charge is 0.506 e. The minimum atomic E-state index is -1.29. The van der Waals surface area contributed by atoms with Gasteiger partial charge in [0, 0.05) is 16.5 Å². The van der Waals surface area contributed by atoms with E-state index in [2.05, 4.69) is 0 Å². The van der Waals surface area contributed by atoms with Crippen LogP contribution in [0, 0.1) is 5.41 Å². The maximum atomic E-state index is 11.1. The van der Waals surface area contributed by atoms with Crippen molar-refractivity contribution in [2.45, 2.75) is 0 Å². The fraction of sp³-hybridized carbons (Fsp3) is 0. The van der Waals surface area contributed by atoms with Gasteiger partial charge in [-0.3, -0.25) is 5.41 Å². The molecule has 3 rings (SSSR count). The van der Waals surface area contributed by atoms with E-state index in [0.717, 1.165) is 10.8 Å². The number of aliphatic hydroxyl groups excluding tert-OH is 1. The SMILES string of the molecule is N=C1C(C(=O)O)=C(O)c2cccc3cccc1c23. The average Bonchev–Trinajstić information content (AvgIpc) is 2.35. The Labute approximate surface area is 102 Å². The first-order chi connectivity index (χ1) is 8.61. The van der Waals surface area contributed by atoms with Crippen LogP contribution in [0.4, 0.5) is 0 Å². The molecule has 1 aliphatic rings. The number of carboxylic acid groups (broad SMARTS) is 1. The van der Waals surface area contributed by atoms with Crippen molar-refractivity contribution in [1.29, 1.82) is 5.41 Å². The predicted octanol–water partition coefficient (Wildman–Crippen LogP) is 2.57. The lowest BCUT2D eigenvalue weighted by atomic mass is 9.86.